The molecule has 0 heterocycles. The molecule has 8 fully saturated rings. The predicted octanol–water partition coefficient (Wildman–Crippen LogP) is 3.32. The number of hydrogen-bond acceptors (Lipinski definition) is 14. The molecule has 54 heavy (non-hydrogen) atoms. The highest BCUT2D eigenvalue weighted by Crippen LogP contribution is 2.58. The van der Waals surface area contributed by atoms with Gasteiger partial charge in [-0.25, -0.2) is 5.01 Å². The minimum Gasteiger partial charge on any atom is -0.462 e. The Balaban J connectivity index is 0.634. The van der Waals surface area contributed by atoms with Crippen molar-refractivity contribution < 1.29 is 57.0 Å². The van der Waals surface area contributed by atoms with Crippen LogP contribution in [0.2, 0.25) is 0 Å². The lowest BCUT2D eigenvalue weighted by atomic mass is 9.54. The van der Waals surface area contributed by atoms with E-state index in [0.29, 0.717) is 79.3 Å². The Morgan fingerprint density at radius 3 is 0.926 bits per heavy atom. The molecule has 8 saturated carbocycles. The first-order valence-corrected chi connectivity index (χ1v) is 20.9. The quantitative estimate of drug-likeness (QED) is 0.0492. The van der Waals surface area contributed by atoms with Crippen LogP contribution < -0.4 is 5.84 Å². The maximum Gasteiger partial charge on any atom is 0.321 e. The molecule has 0 aliphatic heterocycles. The van der Waals surface area contributed by atoms with Crippen LogP contribution in [0.15, 0.2) is 0 Å². The molecule has 8 rings (SSSR count). The number of esters is 2. The largest absolute Gasteiger partial charge is 0.462 e. The third-order valence-corrected chi connectivity index (χ3v) is 12.4. The van der Waals surface area contributed by atoms with E-state index in [-0.39, 0.29) is 50.7 Å². The van der Waals surface area contributed by atoms with Gasteiger partial charge in [0.1, 0.15) is 26.3 Å². The summed E-state index contributed by atoms with van der Waals surface area (Å²) >= 11 is 0. The zero-order valence-corrected chi connectivity index (χ0v) is 32.6. The van der Waals surface area contributed by atoms with E-state index in [9.17, 15) is 9.59 Å². The topological polar surface area (TPSA) is 156 Å². The third kappa shape index (κ3) is 13.9. The van der Waals surface area contributed by atoms with Crippen molar-refractivity contribution in [2.75, 3.05) is 119 Å². The minimum absolute atomic E-state index is 0.0779. The molecule has 0 spiro atoms. The van der Waals surface area contributed by atoms with Crippen LogP contribution in [-0.2, 0) is 57.0 Å². The Hall–Kier alpha value is -1.46. The van der Waals surface area contributed by atoms with Gasteiger partial charge in [-0.15, -0.1) is 0 Å². The summed E-state index contributed by atoms with van der Waals surface area (Å²) in [5.41, 5.74) is 0.261. The normalized spacial score (nSPS) is 31.8. The average molecular weight is 769 g/mol. The maximum atomic E-state index is 12.0. The van der Waals surface area contributed by atoms with Crippen molar-refractivity contribution in [3.63, 3.8) is 0 Å². The summed E-state index contributed by atoms with van der Waals surface area (Å²) in [6.45, 7) is 6.22. The molecular weight excluding hydrogens is 700 g/mol. The second kappa shape index (κ2) is 21.9. The Kier molecular flexibility index (Phi) is 17.1. The number of carbonyl (C=O) groups excluding carboxylic acids is 2. The average Bonchev–Trinajstić information content (AvgIpc) is 3.11. The summed E-state index contributed by atoms with van der Waals surface area (Å²) in [7, 11) is 0. The summed E-state index contributed by atoms with van der Waals surface area (Å²) in [4.78, 5) is 24.0. The summed E-state index contributed by atoms with van der Waals surface area (Å²) in [6, 6.07) is 0. The van der Waals surface area contributed by atoms with Crippen LogP contribution in [0.4, 0.5) is 0 Å². The lowest BCUT2D eigenvalue weighted by molar-refractivity contribution is -0.169. The van der Waals surface area contributed by atoms with E-state index < -0.39 is 11.9 Å². The first-order chi connectivity index (χ1) is 26.4. The van der Waals surface area contributed by atoms with E-state index >= 15 is 0 Å². The van der Waals surface area contributed by atoms with Gasteiger partial charge in [0.15, 0.2) is 0 Å². The lowest BCUT2D eigenvalue weighted by Crippen LogP contribution is -2.52. The zero-order chi connectivity index (χ0) is 37.5. The number of hydrazine groups is 1. The molecule has 8 aliphatic carbocycles. The van der Waals surface area contributed by atoms with Crippen LogP contribution >= 0.6 is 0 Å². The van der Waals surface area contributed by atoms with Crippen LogP contribution in [0.1, 0.15) is 77.0 Å². The summed E-state index contributed by atoms with van der Waals surface area (Å²) < 4.78 is 56.3. The number of nitrogens with zero attached hydrogens (tertiary/aromatic N) is 1. The van der Waals surface area contributed by atoms with E-state index in [0.717, 1.165) is 40.5 Å². The molecule has 0 aromatic heterocycles. The fourth-order valence-corrected chi connectivity index (χ4v) is 11.0. The zero-order valence-electron chi connectivity index (χ0n) is 32.6. The first kappa shape index (κ1) is 42.2. The molecule has 14 nitrogen and oxygen atoms in total. The van der Waals surface area contributed by atoms with Crippen LogP contribution in [0, 0.1) is 35.5 Å². The molecule has 0 unspecified atom stereocenters. The summed E-state index contributed by atoms with van der Waals surface area (Å²) in [6.07, 6.45) is 16.0. The van der Waals surface area contributed by atoms with Gasteiger partial charge in [-0.3, -0.25) is 15.4 Å². The van der Waals surface area contributed by atoms with Gasteiger partial charge in [0.05, 0.1) is 104 Å². The van der Waals surface area contributed by atoms with Gasteiger partial charge in [0.25, 0.3) is 0 Å². The van der Waals surface area contributed by atoms with Crippen LogP contribution in [0.5, 0.6) is 0 Å². The minimum atomic E-state index is -0.561. The fourth-order valence-electron chi connectivity index (χ4n) is 11.0. The molecule has 0 amide bonds. The Labute approximate surface area is 321 Å². The molecule has 8 bridgehead atoms. The number of carbonyl (C=O) groups is 2. The van der Waals surface area contributed by atoms with Crippen LogP contribution in [0.25, 0.3) is 0 Å². The van der Waals surface area contributed by atoms with E-state index in [1.165, 1.54) is 77.0 Å². The maximum absolute atomic E-state index is 12.0. The molecule has 2 N–H and O–H groups in total. The number of ether oxygens (including phenoxy) is 10. The van der Waals surface area contributed by atoms with Crippen molar-refractivity contribution in [2.24, 2.45) is 41.4 Å². The smallest absolute Gasteiger partial charge is 0.321 e. The van der Waals surface area contributed by atoms with E-state index in [1.807, 2.05) is 0 Å². The van der Waals surface area contributed by atoms with Crippen molar-refractivity contribution in [3.8, 4) is 0 Å². The molecular formula is C40H68N2O12. The highest BCUT2D eigenvalue weighted by atomic mass is 16.6. The van der Waals surface area contributed by atoms with Gasteiger partial charge >= 0.3 is 11.9 Å². The van der Waals surface area contributed by atoms with E-state index in [2.05, 4.69) is 0 Å². The molecule has 0 radical (unpaired) electrons. The van der Waals surface area contributed by atoms with Crippen molar-refractivity contribution >= 4 is 11.9 Å². The van der Waals surface area contributed by atoms with Gasteiger partial charge in [-0.2, -0.15) is 0 Å². The van der Waals surface area contributed by atoms with Gasteiger partial charge in [0, 0.05) is 0 Å². The molecule has 0 saturated heterocycles. The van der Waals surface area contributed by atoms with Crippen molar-refractivity contribution in [1.82, 2.24) is 5.01 Å². The van der Waals surface area contributed by atoms with Crippen LogP contribution in [-0.4, -0.2) is 147 Å². The second-order valence-electron chi connectivity index (χ2n) is 16.9. The molecule has 0 aromatic rings. The van der Waals surface area contributed by atoms with Gasteiger partial charge < -0.3 is 47.4 Å². The van der Waals surface area contributed by atoms with E-state index in [4.69, 9.17) is 53.2 Å². The predicted molar refractivity (Wildman–Crippen MR) is 196 cm³/mol. The Morgan fingerprint density at radius 2 is 0.648 bits per heavy atom. The Morgan fingerprint density at radius 1 is 0.407 bits per heavy atom. The fraction of sp³-hybridized carbons (Fsp3) is 0.950. The monoisotopic (exact) mass is 768 g/mol. The number of hydrogen-bond donors (Lipinski definition) is 1. The van der Waals surface area contributed by atoms with E-state index in [1.54, 1.807) is 0 Å². The molecule has 310 valence electrons. The highest BCUT2D eigenvalue weighted by molar-refractivity contribution is 5.74. The number of rotatable bonds is 30. The first-order valence-electron chi connectivity index (χ1n) is 20.9. The molecule has 0 aromatic carbocycles. The Bertz CT molecular complexity index is 972. The SMILES string of the molecule is NN(CC(=O)OCCOCCOCCOCCOC12CC3CC(CC(C3)C1)C2)CC(=O)OCCOCCOCCOCCOC12CC3CC(CC(C3)C1)C2. The molecule has 8 aliphatic rings. The van der Waals surface area contributed by atoms with Crippen LogP contribution in [0.3, 0.4) is 0 Å². The third-order valence-electron chi connectivity index (χ3n) is 12.4. The molecule has 14 heteroatoms. The summed E-state index contributed by atoms with van der Waals surface area (Å²) in [5.74, 6) is 9.96. The van der Waals surface area contributed by atoms with Crippen molar-refractivity contribution in [3.05, 3.63) is 0 Å². The standard InChI is InChI=1S/C40H68N2O12/c41-42(29-37(43)51-13-9-47-5-1-45-3-7-49-11-15-53-39-23-31-17-32(24-39)19-33(18-31)25-39)30-38(44)52-14-10-48-6-2-46-4-8-50-12-16-54-40-26-34-20-35(27-40)22-36(21-34)28-40/h31-36H,1-30,41H2. The van der Waals surface area contributed by atoms with Gasteiger partial charge in [-0.05, 0) is 113 Å². The highest BCUT2D eigenvalue weighted by Gasteiger charge is 2.52. The van der Waals surface area contributed by atoms with Gasteiger partial charge in [-0.1, -0.05) is 0 Å². The second-order valence-corrected chi connectivity index (χ2v) is 16.9. The molecule has 0 atom stereocenters. The summed E-state index contributed by atoms with van der Waals surface area (Å²) in [5, 5.41) is 1.04. The van der Waals surface area contributed by atoms with Gasteiger partial charge in [0.2, 0.25) is 0 Å². The lowest BCUT2D eigenvalue weighted by Gasteiger charge is -2.56. The van der Waals surface area contributed by atoms with Crippen molar-refractivity contribution in [2.45, 2.75) is 88.3 Å². The van der Waals surface area contributed by atoms with Crippen molar-refractivity contribution in [1.29, 1.82) is 0 Å². The number of nitrogens with two attached hydrogens (primary N) is 1.